The molecule has 0 saturated carbocycles. The lowest BCUT2D eigenvalue weighted by Gasteiger charge is -2.08. The Labute approximate surface area is 162 Å². The number of carbonyl (C=O) groups excluding carboxylic acids is 4. The number of carbonyl (C=O) groups is 4. The molecule has 0 bridgehead atoms. The minimum absolute atomic E-state index is 0.156. The lowest BCUT2D eigenvalue weighted by molar-refractivity contribution is -0.147. The van der Waals surface area contributed by atoms with Crippen molar-refractivity contribution in [3.63, 3.8) is 0 Å². The maximum atomic E-state index is 11.3. The van der Waals surface area contributed by atoms with Crippen molar-refractivity contribution in [3.05, 3.63) is 35.9 Å². The van der Waals surface area contributed by atoms with Crippen LogP contribution in [0.5, 0.6) is 0 Å². The number of methoxy groups -OCH3 is 1. The number of hydrogen-bond donors (Lipinski definition) is 4. The fourth-order valence-electron chi connectivity index (χ4n) is 1.87. The molecular formula is C18H26N2O8. The monoisotopic (exact) mass is 398 g/mol. The smallest absolute Gasteiger partial charge is 0.308 e. The molecule has 0 heterocycles. The van der Waals surface area contributed by atoms with E-state index in [1.807, 2.05) is 30.3 Å². The average Bonchev–Trinajstić information content (AvgIpc) is 2.59. The summed E-state index contributed by atoms with van der Waals surface area (Å²) in [5, 5.41) is 18.2. The third-order valence-electron chi connectivity index (χ3n) is 3.15. The number of amides is 2. The highest BCUT2D eigenvalue weighted by Gasteiger charge is 2.14. The molecule has 10 heteroatoms. The topological polar surface area (TPSA) is 179 Å². The molecule has 156 valence electrons. The molecule has 28 heavy (non-hydrogen) atoms. The molecule has 0 saturated heterocycles. The summed E-state index contributed by atoms with van der Waals surface area (Å²) in [5.74, 6) is -2.39. The van der Waals surface area contributed by atoms with Crippen LogP contribution in [-0.4, -0.2) is 53.3 Å². The van der Waals surface area contributed by atoms with Crippen LogP contribution in [0.15, 0.2) is 30.3 Å². The maximum absolute atomic E-state index is 11.3. The molecule has 1 rings (SSSR count). The maximum Gasteiger partial charge on any atom is 0.308 e. The Morgan fingerprint density at radius 1 is 0.857 bits per heavy atom. The third kappa shape index (κ3) is 14.2. The van der Waals surface area contributed by atoms with E-state index in [1.165, 1.54) is 7.11 Å². The van der Waals surface area contributed by atoms with Gasteiger partial charge in [0, 0.05) is 0 Å². The number of hydrogen-bond acceptors (Lipinski definition) is 8. The van der Waals surface area contributed by atoms with Crippen molar-refractivity contribution in [2.45, 2.75) is 44.5 Å². The SMILES string of the molecule is COC(=O)C[C@@H](O)CC(N)=O.NC(=O)C[C@H](O)CC(=O)OCc1ccccc1. The fraction of sp³-hybridized carbons (Fsp3) is 0.444. The number of nitrogens with two attached hydrogens (primary N) is 2. The van der Waals surface area contributed by atoms with Gasteiger partial charge in [-0.2, -0.15) is 0 Å². The van der Waals surface area contributed by atoms with Gasteiger partial charge < -0.3 is 31.2 Å². The lowest BCUT2D eigenvalue weighted by Crippen LogP contribution is -2.23. The van der Waals surface area contributed by atoms with Crippen molar-refractivity contribution in [2.75, 3.05) is 7.11 Å². The molecule has 0 aromatic heterocycles. The number of esters is 2. The Hall–Kier alpha value is -2.98. The second-order valence-electron chi connectivity index (χ2n) is 5.78. The molecule has 0 aliphatic carbocycles. The zero-order chi connectivity index (χ0) is 21.5. The molecule has 6 N–H and O–H groups in total. The number of benzene rings is 1. The van der Waals surface area contributed by atoms with Crippen molar-refractivity contribution < 1.29 is 38.9 Å². The molecule has 2 atom stereocenters. The average molecular weight is 398 g/mol. The molecule has 0 unspecified atom stereocenters. The second kappa shape index (κ2) is 14.1. The van der Waals surface area contributed by atoms with E-state index in [0.29, 0.717) is 0 Å². The molecule has 0 spiro atoms. The van der Waals surface area contributed by atoms with Gasteiger partial charge in [-0.25, -0.2) is 0 Å². The number of rotatable bonds is 10. The van der Waals surface area contributed by atoms with Gasteiger partial charge in [0.25, 0.3) is 0 Å². The quantitative estimate of drug-likeness (QED) is 0.368. The van der Waals surface area contributed by atoms with Crippen LogP contribution in [0.3, 0.4) is 0 Å². The van der Waals surface area contributed by atoms with Gasteiger partial charge in [-0.1, -0.05) is 30.3 Å². The minimum atomic E-state index is -1.07. The summed E-state index contributed by atoms with van der Waals surface area (Å²) in [6, 6.07) is 9.19. The summed E-state index contributed by atoms with van der Waals surface area (Å²) in [5.41, 5.74) is 10.5. The second-order valence-corrected chi connectivity index (χ2v) is 5.78. The van der Waals surface area contributed by atoms with Crippen LogP contribution in [-0.2, 0) is 35.3 Å². The summed E-state index contributed by atoms with van der Waals surface area (Å²) in [7, 11) is 1.21. The van der Waals surface area contributed by atoms with E-state index >= 15 is 0 Å². The van der Waals surface area contributed by atoms with Gasteiger partial charge >= 0.3 is 11.9 Å². The molecule has 0 aliphatic heterocycles. The van der Waals surface area contributed by atoms with Gasteiger partial charge in [-0.05, 0) is 5.56 Å². The molecule has 10 nitrogen and oxygen atoms in total. The third-order valence-corrected chi connectivity index (χ3v) is 3.15. The number of aliphatic hydroxyl groups excluding tert-OH is 2. The molecule has 2 amide bonds. The van der Waals surface area contributed by atoms with E-state index in [1.54, 1.807) is 0 Å². The Morgan fingerprint density at radius 2 is 1.32 bits per heavy atom. The Kier molecular flexibility index (Phi) is 12.6. The van der Waals surface area contributed by atoms with Gasteiger partial charge in [-0.15, -0.1) is 0 Å². The highest BCUT2D eigenvalue weighted by Crippen LogP contribution is 2.04. The predicted molar refractivity (Wildman–Crippen MR) is 97.1 cm³/mol. The van der Waals surface area contributed by atoms with Crippen LogP contribution in [0.2, 0.25) is 0 Å². The van der Waals surface area contributed by atoms with E-state index in [4.69, 9.17) is 21.3 Å². The summed E-state index contributed by atoms with van der Waals surface area (Å²) < 4.78 is 9.18. The fourth-order valence-corrected chi connectivity index (χ4v) is 1.87. The van der Waals surface area contributed by atoms with E-state index in [-0.39, 0.29) is 32.3 Å². The highest BCUT2D eigenvalue weighted by atomic mass is 16.5. The number of aliphatic hydroxyl groups is 2. The van der Waals surface area contributed by atoms with Crippen LogP contribution < -0.4 is 11.5 Å². The van der Waals surface area contributed by atoms with E-state index < -0.39 is 36.0 Å². The molecular weight excluding hydrogens is 372 g/mol. The number of primary amides is 2. The van der Waals surface area contributed by atoms with Crippen LogP contribution >= 0.6 is 0 Å². The van der Waals surface area contributed by atoms with Crippen LogP contribution in [0, 0.1) is 0 Å². The summed E-state index contributed by atoms with van der Waals surface area (Å²) in [6.45, 7) is 0.156. The van der Waals surface area contributed by atoms with Crippen molar-refractivity contribution >= 4 is 23.8 Å². The van der Waals surface area contributed by atoms with Crippen LogP contribution in [0.1, 0.15) is 31.2 Å². The minimum Gasteiger partial charge on any atom is -0.469 e. The summed E-state index contributed by atoms with van der Waals surface area (Å²) in [6.07, 6.45) is -2.97. The van der Waals surface area contributed by atoms with Crippen LogP contribution in [0.25, 0.3) is 0 Å². The largest absolute Gasteiger partial charge is 0.469 e. The predicted octanol–water partition coefficient (Wildman–Crippen LogP) is -0.858. The Morgan fingerprint density at radius 3 is 1.75 bits per heavy atom. The van der Waals surface area contributed by atoms with Crippen LogP contribution in [0.4, 0.5) is 0 Å². The first-order valence-electron chi connectivity index (χ1n) is 8.33. The molecule has 0 fully saturated rings. The summed E-state index contributed by atoms with van der Waals surface area (Å²) >= 11 is 0. The van der Waals surface area contributed by atoms with Crippen molar-refractivity contribution in [1.29, 1.82) is 0 Å². The van der Waals surface area contributed by atoms with E-state index in [2.05, 4.69) is 4.74 Å². The van der Waals surface area contributed by atoms with Crippen molar-refractivity contribution in [1.82, 2.24) is 0 Å². The zero-order valence-corrected chi connectivity index (χ0v) is 15.6. The summed E-state index contributed by atoms with van der Waals surface area (Å²) in [4.78, 5) is 42.4. The normalized spacial score (nSPS) is 12.0. The first kappa shape index (κ1) is 25.0. The van der Waals surface area contributed by atoms with Gasteiger partial charge in [0.1, 0.15) is 6.61 Å². The first-order chi connectivity index (χ1) is 13.1. The molecule has 1 aromatic carbocycles. The standard InChI is InChI=1S/C12H15NO4.C6H11NO4/c13-11(15)6-10(14)7-12(16)17-8-9-4-2-1-3-5-9;1-11-6(10)3-4(8)2-5(7)9/h1-5,10,14H,6-8H2,(H2,13,15);4,8H,2-3H2,1H3,(H2,7,9)/t10-;4-/m00/s1. The molecule has 0 radical (unpaired) electrons. The van der Waals surface area contributed by atoms with E-state index in [0.717, 1.165) is 5.56 Å². The highest BCUT2D eigenvalue weighted by molar-refractivity contribution is 5.76. The first-order valence-corrected chi connectivity index (χ1v) is 8.33. The number of ether oxygens (including phenoxy) is 2. The lowest BCUT2D eigenvalue weighted by atomic mass is 10.2. The Balaban J connectivity index is 0.000000576. The van der Waals surface area contributed by atoms with Gasteiger partial charge in [0.15, 0.2) is 0 Å². The Bertz CT molecular complexity index is 636. The zero-order valence-electron chi connectivity index (χ0n) is 15.6. The van der Waals surface area contributed by atoms with Crippen molar-refractivity contribution in [3.8, 4) is 0 Å². The van der Waals surface area contributed by atoms with E-state index in [9.17, 15) is 24.3 Å². The molecule has 0 aliphatic rings. The van der Waals surface area contributed by atoms with Gasteiger partial charge in [0.2, 0.25) is 11.8 Å². The molecule has 1 aromatic rings. The van der Waals surface area contributed by atoms with Gasteiger partial charge in [-0.3, -0.25) is 19.2 Å². The van der Waals surface area contributed by atoms with Crippen molar-refractivity contribution in [2.24, 2.45) is 11.5 Å². The van der Waals surface area contributed by atoms with Gasteiger partial charge in [0.05, 0.1) is 45.0 Å².